The summed E-state index contributed by atoms with van der Waals surface area (Å²) in [6.45, 7) is 6.39. The molecule has 0 amide bonds. The van der Waals surface area contributed by atoms with Crippen LogP contribution in [0.4, 0.5) is 0 Å². The van der Waals surface area contributed by atoms with Crippen molar-refractivity contribution in [2.24, 2.45) is 0 Å². The molecule has 0 aliphatic carbocycles. The zero-order chi connectivity index (χ0) is 12.1. The van der Waals surface area contributed by atoms with Crippen LogP contribution in [0.3, 0.4) is 0 Å². The van der Waals surface area contributed by atoms with Crippen LogP contribution < -0.4 is 0 Å². The molecule has 17 heavy (non-hydrogen) atoms. The van der Waals surface area contributed by atoms with Crippen molar-refractivity contribution in [3.8, 4) is 0 Å². The second-order valence-electron chi connectivity index (χ2n) is 5.32. The van der Waals surface area contributed by atoms with Gasteiger partial charge in [-0.15, -0.1) is 0 Å². The van der Waals surface area contributed by atoms with Gasteiger partial charge in [-0.3, -0.25) is 0 Å². The molecule has 2 saturated heterocycles. The quantitative estimate of drug-likeness (QED) is 0.783. The zero-order valence-electron chi connectivity index (χ0n) is 10.8. The summed E-state index contributed by atoms with van der Waals surface area (Å²) in [5.41, 5.74) is 0. The van der Waals surface area contributed by atoms with Gasteiger partial charge in [0.15, 0.2) is 0 Å². The van der Waals surface area contributed by atoms with Crippen molar-refractivity contribution in [2.45, 2.75) is 50.9 Å². The molecule has 0 spiro atoms. The second kappa shape index (κ2) is 6.69. The summed E-state index contributed by atoms with van der Waals surface area (Å²) in [7, 11) is 0. The maximum absolute atomic E-state index is 9.33. The maximum Gasteiger partial charge on any atom is 0.0809 e. The number of aliphatic hydroxyl groups is 1. The summed E-state index contributed by atoms with van der Waals surface area (Å²) < 4.78 is 11.5. The van der Waals surface area contributed by atoms with Gasteiger partial charge in [0.1, 0.15) is 0 Å². The molecule has 2 aliphatic rings. The molecule has 0 saturated carbocycles. The number of ether oxygens (including phenoxy) is 2. The molecule has 0 radical (unpaired) electrons. The molecule has 0 aromatic heterocycles. The Morgan fingerprint density at radius 2 is 2.12 bits per heavy atom. The van der Waals surface area contributed by atoms with Crippen molar-refractivity contribution >= 4 is 0 Å². The van der Waals surface area contributed by atoms with Gasteiger partial charge in [0, 0.05) is 26.2 Å². The molecule has 2 aliphatic heterocycles. The maximum atomic E-state index is 9.33. The summed E-state index contributed by atoms with van der Waals surface area (Å²) in [4.78, 5) is 2.32. The minimum Gasteiger partial charge on any atom is -0.392 e. The van der Waals surface area contributed by atoms with E-state index in [1.54, 1.807) is 0 Å². The molecule has 2 rings (SSSR count). The predicted molar refractivity (Wildman–Crippen MR) is 66.1 cm³/mol. The number of piperidine rings is 1. The Kier molecular flexibility index (Phi) is 5.22. The van der Waals surface area contributed by atoms with E-state index in [1.807, 2.05) is 6.92 Å². The fourth-order valence-corrected chi connectivity index (χ4v) is 2.65. The van der Waals surface area contributed by atoms with E-state index in [9.17, 15) is 5.11 Å². The fourth-order valence-electron chi connectivity index (χ4n) is 2.65. The molecule has 4 nitrogen and oxygen atoms in total. The average Bonchev–Trinajstić information content (AvgIpc) is 2.80. The molecular weight excluding hydrogens is 218 g/mol. The highest BCUT2D eigenvalue weighted by molar-refractivity contribution is 4.74. The van der Waals surface area contributed by atoms with Crippen LogP contribution in [0.15, 0.2) is 0 Å². The van der Waals surface area contributed by atoms with Crippen LogP contribution in [-0.2, 0) is 9.47 Å². The third-order valence-corrected chi connectivity index (χ3v) is 3.60. The molecule has 4 heteroatoms. The van der Waals surface area contributed by atoms with Gasteiger partial charge in [0.25, 0.3) is 0 Å². The molecule has 0 bridgehead atoms. The van der Waals surface area contributed by atoms with E-state index in [1.165, 1.54) is 6.42 Å². The van der Waals surface area contributed by atoms with Crippen molar-refractivity contribution in [3.63, 3.8) is 0 Å². The smallest absolute Gasteiger partial charge is 0.0809 e. The van der Waals surface area contributed by atoms with Gasteiger partial charge in [-0.25, -0.2) is 0 Å². The number of hydrogen-bond donors (Lipinski definition) is 1. The molecule has 0 unspecified atom stereocenters. The standard InChI is InChI=1S/C13H25NO3/c1-11(15)9-14-6-4-12(5-7-14)17-10-13-3-2-8-16-13/h11-13,15H,2-10H2,1H3/t11-,13-/m1/s1. The van der Waals surface area contributed by atoms with Gasteiger partial charge in [0.2, 0.25) is 0 Å². The van der Waals surface area contributed by atoms with E-state index in [4.69, 9.17) is 9.47 Å². The highest BCUT2D eigenvalue weighted by atomic mass is 16.5. The number of rotatable bonds is 5. The summed E-state index contributed by atoms with van der Waals surface area (Å²) in [6, 6.07) is 0. The molecule has 100 valence electrons. The number of nitrogens with zero attached hydrogens (tertiary/aromatic N) is 1. The lowest BCUT2D eigenvalue weighted by atomic mass is 10.1. The first-order valence-electron chi connectivity index (χ1n) is 6.87. The fraction of sp³-hybridized carbons (Fsp3) is 1.00. The Hall–Kier alpha value is -0.160. The van der Waals surface area contributed by atoms with Crippen molar-refractivity contribution in [1.29, 1.82) is 0 Å². The summed E-state index contributed by atoms with van der Waals surface area (Å²) >= 11 is 0. The van der Waals surface area contributed by atoms with Crippen LogP contribution in [0.5, 0.6) is 0 Å². The van der Waals surface area contributed by atoms with E-state index in [0.717, 1.165) is 52.1 Å². The van der Waals surface area contributed by atoms with Gasteiger partial charge < -0.3 is 19.5 Å². The van der Waals surface area contributed by atoms with Crippen molar-refractivity contribution in [3.05, 3.63) is 0 Å². The van der Waals surface area contributed by atoms with Crippen molar-refractivity contribution < 1.29 is 14.6 Å². The van der Waals surface area contributed by atoms with E-state index in [0.29, 0.717) is 12.2 Å². The van der Waals surface area contributed by atoms with Crippen LogP contribution in [-0.4, -0.2) is 61.2 Å². The van der Waals surface area contributed by atoms with Crippen LogP contribution in [0.1, 0.15) is 32.6 Å². The third-order valence-electron chi connectivity index (χ3n) is 3.60. The van der Waals surface area contributed by atoms with E-state index < -0.39 is 0 Å². The van der Waals surface area contributed by atoms with Crippen LogP contribution >= 0.6 is 0 Å². The highest BCUT2D eigenvalue weighted by Gasteiger charge is 2.22. The SMILES string of the molecule is C[C@@H](O)CN1CCC(OC[C@H]2CCCO2)CC1. The van der Waals surface area contributed by atoms with E-state index in [-0.39, 0.29) is 6.10 Å². The average molecular weight is 243 g/mol. The molecule has 2 heterocycles. The van der Waals surface area contributed by atoms with E-state index in [2.05, 4.69) is 4.90 Å². The molecule has 2 atom stereocenters. The minimum atomic E-state index is -0.223. The van der Waals surface area contributed by atoms with Gasteiger partial charge >= 0.3 is 0 Å². The lowest BCUT2D eigenvalue weighted by molar-refractivity contribution is -0.0447. The Morgan fingerprint density at radius 3 is 2.71 bits per heavy atom. The van der Waals surface area contributed by atoms with Crippen molar-refractivity contribution in [2.75, 3.05) is 32.8 Å². The lowest BCUT2D eigenvalue weighted by Crippen LogP contribution is -2.41. The molecule has 0 aromatic rings. The highest BCUT2D eigenvalue weighted by Crippen LogP contribution is 2.17. The largest absolute Gasteiger partial charge is 0.392 e. The Morgan fingerprint density at radius 1 is 1.35 bits per heavy atom. The molecule has 0 aromatic carbocycles. The Labute approximate surface area is 104 Å². The number of likely N-dealkylation sites (tertiary alicyclic amines) is 1. The molecule has 1 N–H and O–H groups in total. The number of aliphatic hydroxyl groups excluding tert-OH is 1. The second-order valence-corrected chi connectivity index (χ2v) is 5.32. The van der Waals surface area contributed by atoms with Gasteiger partial charge in [-0.1, -0.05) is 0 Å². The topological polar surface area (TPSA) is 41.9 Å². The number of hydrogen-bond acceptors (Lipinski definition) is 4. The predicted octanol–water partition coefficient (Wildman–Crippen LogP) is 1.03. The van der Waals surface area contributed by atoms with Crippen LogP contribution in [0.2, 0.25) is 0 Å². The van der Waals surface area contributed by atoms with Gasteiger partial charge in [0.05, 0.1) is 24.9 Å². The lowest BCUT2D eigenvalue weighted by Gasteiger charge is -2.32. The monoisotopic (exact) mass is 243 g/mol. The van der Waals surface area contributed by atoms with Crippen LogP contribution in [0.25, 0.3) is 0 Å². The van der Waals surface area contributed by atoms with Crippen LogP contribution in [0, 0.1) is 0 Å². The zero-order valence-corrected chi connectivity index (χ0v) is 10.8. The summed E-state index contributed by atoms with van der Waals surface area (Å²) in [6.07, 6.45) is 5.01. The first kappa shape index (κ1) is 13.3. The first-order valence-corrected chi connectivity index (χ1v) is 6.87. The minimum absolute atomic E-state index is 0.223. The Balaban J connectivity index is 1.58. The summed E-state index contributed by atoms with van der Waals surface area (Å²) in [5.74, 6) is 0. The number of β-amino-alcohol motifs (C(OH)–C–C–N with tert-alkyl or cyclic N) is 1. The molecule has 2 fully saturated rings. The van der Waals surface area contributed by atoms with Gasteiger partial charge in [-0.05, 0) is 32.6 Å². The van der Waals surface area contributed by atoms with E-state index >= 15 is 0 Å². The normalized spacial score (nSPS) is 29.6. The Bertz CT molecular complexity index is 209. The van der Waals surface area contributed by atoms with Crippen molar-refractivity contribution in [1.82, 2.24) is 4.90 Å². The third kappa shape index (κ3) is 4.54. The summed E-state index contributed by atoms with van der Waals surface area (Å²) in [5, 5.41) is 9.33. The van der Waals surface area contributed by atoms with Gasteiger partial charge in [-0.2, -0.15) is 0 Å². The molecular formula is C13H25NO3. The first-order chi connectivity index (χ1) is 8.24.